The molecular weight excluding hydrogens is 357 g/mol. The van der Waals surface area contributed by atoms with Gasteiger partial charge in [-0.05, 0) is 110 Å². The molecular formula is C25H27F3. The van der Waals surface area contributed by atoms with Gasteiger partial charge in [0.15, 0.2) is 17.5 Å². The Labute approximate surface area is 165 Å². The van der Waals surface area contributed by atoms with Crippen LogP contribution < -0.4 is 0 Å². The Bertz CT molecular complexity index is 874. The van der Waals surface area contributed by atoms with E-state index < -0.39 is 17.5 Å². The molecule has 28 heavy (non-hydrogen) atoms. The zero-order chi connectivity index (χ0) is 19.7. The van der Waals surface area contributed by atoms with E-state index in [1.807, 2.05) is 0 Å². The zero-order valence-corrected chi connectivity index (χ0v) is 16.4. The molecule has 2 aromatic carbocycles. The Balaban J connectivity index is 1.52. The summed E-state index contributed by atoms with van der Waals surface area (Å²) in [6.45, 7) is 2.07. The fourth-order valence-electron chi connectivity index (χ4n) is 5.08. The van der Waals surface area contributed by atoms with Crippen LogP contribution in [0.25, 0.3) is 0 Å². The fourth-order valence-corrected chi connectivity index (χ4v) is 5.08. The zero-order valence-electron chi connectivity index (χ0n) is 16.4. The summed E-state index contributed by atoms with van der Waals surface area (Å²) in [4.78, 5) is 0. The van der Waals surface area contributed by atoms with Crippen molar-refractivity contribution in [3.05, 3.63) is 81.7 Å². The summed E-state index contributed by atoms with van der Waals surface area (Å²) in [6, 6.07) is 6.82. The van der Waals surface area contributed by atoms with Gasteiger partial charge in [-0.3, -0.25) is 0 Å². The Morgan fingerprint density at radius 2 is 1.57 bits per heavy atom. The van der Waals surface area contributed by atoms with Crippen LogP contribution in [0.1, 0.15) is 66.3 Å². The van der Waals surface area contributed by atoms with Crippen LogP contribution >= 0.6 is 0 Å². The summed E-state index contributed by atoms with van der Waals surface area (Å²) in [6.07, 6.45) is 12.9. The van der Waals surface area contributed by atoms with Gasteiger partial charge in [-0.25, -0.2) is 13.2 Å². The van der Waals surface area contributed by atoms with Crippen LogP contribution in [0.2, 0.25) is 0 Å². The highest BCUT2D eigenvalue weighted by molar-refractivity contribution is 5.45. The average Bonchev–Trinajstić information content (AvgIpc) is 2.71. The molecule has 0 amide bonds. The molecule has 0 fully saturated rings. The van der Waals surface area contributed by atoms with Crippen molar-refractivity contribution >= 4 is 0 Å². The first-order valence-electron chi connectivity index (χ1n) is 10.4. The molecule has 0 N–H and O–H groups in total. The van der Waals surface area contributed by atoms with Crippen molar-refractivity contribution in [1.82, 2.24) is 0 Å². The first-order valence-corrected chi connectivity index (χ1v) is 10.4. The molecule has 0 nitrogen and oxygen atoms in total. The smallest absolute Gasteiger partial charge is 0.194 e. The molecule has 2 aromatic rings. The molecule has 2 aliphatic carbocycles. The molecule has 0 saturated heterocycles. The SMILES string of the molecule is CC=CCCC1CCc2c(ccc3c2CCC(c2cc(F)c(F)c(F)c2)C3)C1. The number of allylic oxidation sites excluding steroid dienone is 2. The normalized spacial score (nSPS) is 21.6. The second kappa shape index (κ2) is 8.14. The number of rotatable bonds is 4. The maximum Gasteiger partial charge on any atom is 0.194 e. The van der Waals surface area contributed by atoms with E-state index >= 15 is 0 Å². The lowest BCUT2D eigenvalue weighted by Crippen LogP contribution is -2.20. The average molecular weight is 384 g/mol. The molecule has 2 unspecified atom stereocenters. The second-order valence-corrected chi connectivity index (χ2v) is 8.33. The minimum Gasteiger partial charge on any atom is -0.204 e. The summed E-state index contributed by atoms with van der Waals surface area (Å²) in [7, 11) is 0. The minimum absolute atomic E-state index is 0.0484. The van der Waals surface area contributed by atoms with Gasteiger partial charge in [-0.2, -0.15) is 0 Å². The summed E-state index contributed by atoms with van der Waals surface area (Å²) in [5.41, 5.74) is 6.35. The molecule has 4 rings (SSSR count). The highest BCUT2D eigenvalue weighted by Gasteiger charge is 2.27. The monoisotopic (exact) mass is 384 g/mol. The van der Waals surface area contributed by atoms with Gasteiger partial charge in [0.2, 0.25) is 0 Å². The van der Waals surface area contributed by atoms with Crippen LogP contribution in [-0.2, 0) is 25.7 Å². The summed E-state index contributed by atoms with van der Waals surface area (Å²) < 4.78 is 40.6. The highest BCUT2D eigenvalue weighted by atomic mass is 19.2. The number of hydrogen-bond acceptors (Lipinski definition) is 0. The van der Waals surface area contributed by atoms with E-state index in [1.165, 1.54) is 47.2 Å². The van der Waals surface area contributed by atoms with Gasteiger partial charge < -0.3 is 0 Å². The lowest BCUT2D eigenvalue weighted by Gasteiger charge is -2.32. The van der Waals surface area contributed by atoms with Crippen molar-refractivity contribution in [2.45, 2.75) is 64.2 Å². The molecule has 3 heteroatoms. The predicted molar refractivity (Wildman–Crippen MR) is 107 cm³/mol. The van der Waals surface area contributed by atoms with Gasteiger partial charge in [0.25, 0.3) is 0 Å². The minimum atomic E-state index is -1.38. The van der Waals surface area contributed by atoms with Crippen molar-refractivity contribution in [2.75, 3.05) is 0 Å². The number of benzene rings is 2. The van der Waals surface area contributed by atoms with Gasteiger partial charge in [-0.15, -0.1) is 0 Å². The van der Waals surface area contributed by atoms with Crippen molar-refractivity contribution in [2.24, 2.45) is 5.92 Å². The Morgan fingerprint density at radius 1 is 0.929 bits per heavy atom. The lowest BCUT2D eigenvalue weighted by molar-refractivity contribution is 0.426. The van der Waals surface area contributed by atoms with Crippen molar-refractivity contribution in [3.63, 3.8) is 0 Å². The summed E-state index contributed by atoms with van der Waals surface area (Å²) >= 11 is 0. The van der Waals surface area contributed by atoms with Crippen LogP contribution in [0.5, 0.6) is 0 Å². The molecule has 0 spiro atoms. The Kier molecular flexibility index (Phi) is 5.61. The largest absolute Gasteiger partial charge is 0.204 e. The van der Waals surface area contributed by atoms with Gasteiger partial charge >= 0.3 is 0 Å². The summed E-state index contributed by atoms with van der Waals surface area (Å²) in [5, 5.41) is 0. The first-order chi connectivity index (χ1) is 13.6. The molecule has 0 bridgehead atoms. The van der Waals surface area contributed by atoms with E-state index in [-0.39, 0.29) is 5.92 Å². The quantitative estimate of drug-likeness (QED) is 0.400. The van der Waals surface area contributed by atoms with Crippen LogP contribution in [0.3, 0.4) is 0 Å². The topological polar surface area (TPSA) is 0 Å². The highest BCUT2D eigenvalue weighted by Crippen LogP contribution is 2.39. The maximum absolute atomic E-state index is 13.6. The number of halogens is 3. The Hall–Kier alpha value is -2.03. The van der Waals surface area contributed by atoms with E-state index in [1.54, 1.807) is 0 Å². The molecule has 0 radical (unpaired) electrons. The van der Waals surface area contributed by atoms with Crippen LogP contribution in [0, 0.1) is 23.4 Å². The predicted octanol–water partition coefficient (Wildman–Crippen LogP) is 6.84. The molecule has 2 atom stereocenters. The standard InChI is InChI=1S/C25H27F3/c1-2-3-4-5-16-6-10-21-18(12-16)7-8-19-13-17(9-11-22(19)21)20-14-23(26)25(28)24(27)15-20/h2-3,7-8,14-17H,4-6,9-13H2,1H3. The van der Waals surface area contributed by atoms with Gasteiger partial charge in [0, 0.05) is 0 Å². The second-order valence-electron chi connectivity index (χ2n) is 8.33. The number of fused-ring (bicyclic) bond motifs is 3. The van der Waals surface area contributed by atoms with E-state index in [4.69, 9.17) is 0 Å². The molecule has 0 aliphatic heterocycles. The maximum atomic E-state index is 13.6. The van der Waals surface area contributed by atoms with Gasteiger partial charge in [0.05, 0.1) is 0 Å². The molecule has 0 heterocycles. The van der Waals surface area contributed by atoms with E-state index in [2.05, 4.69) is 31.2 Å². The van der Waals surface area contributed by atoms with E-state index in [0.29, 0.717) is 5.56 Å². The fraction of sp³-hybridized carbons (Fsp3) is 0.440. The van der Waals surface area contributed by atoms with Crippen LogP contribution in [-0.4, -0.2) is 0 Å². The van der Waals surface area contributed by atoms with Crippen molar-refractivity contribution in [1.29, 1.82) is 0 Å². The first kappa shape index (κ1) is 19.3. The Morgan fingerprint density at radius 3 is 2.25 bits per heavy atom. The lowest BCUT2D eigenvalue weighted by atomic mass is 9.73. The number of hydrogen-bond donors (Lipinski definition) is 0. The molecule has 0 aromatic heterocycles. The van der Waals surface area contributed by atoms with Crippen LogP contribution in [0.15, 0.2) is 36.4 Å². The molecule has 2 aliphatic rings. The van der Waals surface area contributed by atoms with E-state index in [9.17, 15) is 13.2 Å². The van der Waals surface area contributed by atoms with Crippen molar-refractivity contribution in [3.8, 4) is 0 Å². The molecule has 148 valence electrons. The van der Waals surface area contributed by atoms with Gasteiger partial charge in [-0.1, -0.05) is 24.3 Å². The molecule has 0 saturated carbocycles. The van der Waals surface area contributed by atoms with Crippen LogP contribution in [0.4, 0.5) is 13.2 Å². The third kappa shape index (κ3) is 3.76. The van der Waals surface area contributed by atoms with Crippen molar-refractivity contribution < 1.29 is 13.2 Å². The third-order valence-corrected chi connectivity index (χ3v) is 6.60. The summed E-state index contributed by atoms with van der Waals surface area (Å²) in [5.74, 6) is -2.74. The third-order valence-electron chi connectivity index (χ3n) is 6.60. The van der Waals surface area contributed by atoms with Gasteiger partial charge in [0.1, 0.15) is 0 Å². The van der Waals surface area contributed by atoms with E-state index in [0.717, 1.165) is 44.4 Å².